The van der Waals surface area contributed by atoms with E-state index in [0.29, 0.717) is 12.1 Å². The van der Waals surface area contributed by atoms with Crippen molar-refractivity contribution in [2.75, 3.05) is 7.05 Å². The first-order valence-electron chi connectivity index (χ1n) is 6.07. The van der Waals surface area contributed by atoms with E-state index in [1.807, 2.05) is 0 Å². The van der Waals surface area contributed by atoms with Crippen LogP contribution >= 0.6 is 0 Å². The van der Waals surface area contributed by atoms with Crippen LogP contribution in [-0.2, 0) is 0 Å². The highest BCUT2D eigenvalue weighted by atomic mass is 15.2. The van der Waals surface area contributed by atoms with Crippen LogP contribution in [0.2, 0.25) is 0 Å². The lowest BCUT2D eigenvalue weighted by Crippen LogP contribution is -2.54. The zero-order chi connectivity index (χ0) is 10.3. The van der Waals surface area contributed by atoms with Crippen molar-refractivity contribution in [3.05, 3.63) is 0 Å². The van der Waals surface area contributed by atoms with Crippen LogP contribution in [0.1, 0.15) is 39.5 Å². The molecule has 0 spiro atoms. The summed E-state index contributed by atoms with van der Waals surface area (Å²) in [5.41, 5.74) is 6.28. The molecule has 2 nitrogen and oxygen atoms in total. The molecule has 0 aromatic heterocycles. The molecule has 14 heavy (non-hydrogen) atoms. The fourth-order valence-corrected chi connectivity index (χ4v) is 3.33. The third-order valence-corrected chi connectivity index (χ3v) is 4.06. The van der Waals surface area contributed by atoms with E-state index in [1.165, 1.54) is 25.7 Å². The minimum Gasteiger partial charge on any atom is -0.326 e. The van der Waals surface area contributed by atoms with E-state index in [1.54, 1.807) is 0 Å². The van der Waals surface area contributed by atoms with E-state index < -0.39 is 0 Å². The van der Waals surface area contributed by atoms with Crippen molar-refractivity contribution in [1.29, 1.82) is 0 Å². The number of likely N-dealkylation sites (N-methyl/N-ethyl adjacent to an activating group) is 1. The third kappa shape index (κ3) is 1.96. The Morgan fingerprint density at radius 3 is 2.29 bits per heavy atom. The second-order valence-corrected chi connectivity index (χ2v) is 5.60. The number of nitrogens with two attached hydrogens (primary N) is 1. The smallest absolute Gasteiger partial charge is 0.0272 e. The van der Waals surface area contributed by atoms with Crippen molar-refractivity contribution < 1.29 is 0 Å². The number of hydrogen-bond donors (Lipinski definition) is 1. The van der Waals surface area contributed by atoms with Crippen LogP contribution in [0.4, 0.5) is 0 Å². The van der Waals surface area contributed by atoms with Crippen molar-refractivity contribution in [3.63, 3.8) is 0 Å². The van der Waals surface area contributed by atoms with Gasteiger partial charge in [0.05, 0.1) is 0 Å². The maximum Gasteiger partial charge on any atom is 0.0272 e. The Labute approximate surface area is 87.8 Å². The van der Waals surface area contributed by atoms with Gasteiger partial charge in [0.2, 0.25) is 0 Å². The molecule has 2 aliphatic rings. The second-order valence-electron chi connectivity index (χ2n) is 5.60. The minimum atomic E-state index is 0.402. The fraction of sp³-hybridized carbons (Fsp3) is 1.00. The van der Waals surface area contributed by atoms with Gasteiger partial charge in [-0.15, -0.1) is 0 Å². The van der Waals surface area contributed by atoms with Gasteiger partial charge in [0.25, 0.3) is 0 Å². The van der Waals surface area contributed by atoms with Crippen LogP contribution in [0.15, 0.2) is 0 Å². The average Bonchev–Trinajstić information content (AvgIpc) is 2.83. The summed E-state index contributed by atoms with van der Waals surface area (Å²) < 4.78 is 0. The summed E-state index contributed by atoms with van der Waals surface area (Å²) in [7, 11) is 2.27. The molecule has 2 N–H and O–H groups in total. The molecule has 0 heterocycles. The number of hydrogen-bond acceptors (Lipinski definition) is 2. The molecule has 0 aliphatic heterocycles. The molecular formula is C12H24N2. The first-order valence-corrected chi connectivity index (χ1v) is 6.07. The quantitative estimate of drug-likeness (QED) is 0.730. The summed E-state index contributed by atoms with van der Waals surface area (Å²) in [6, 6.07) is 1.89. The Bertz CT molecular complexity index is 188. The van der Waals surface area contributed by atoms with Crippen LogP contribution < -0.4 is 5.73 Å². The van der Waals surface area contributed by atoms with Gasteiger partial charge in [-0.25, -0.2) is 0 Å². The molecule has 2 rings (SSSR count). The van der Waals surface area contributed by atoms with Gasteiger partial charge in [-0.3, -0.25) is 4.90 Å². The lowest BCUT2D eigenvalue weighted by molar-refractivity contribution is 0.0906. The predicted octanol–water partition coefficient (Wildman–Crippen LogP) is 1.84. The first kappa shape index (κ1) is 10.4. The molecule has 0 amide bonds. The van der Waals surface area contributed by atoms with Gasteiger partial charge in [0.1, 0.15) is 0 Å². The lowest BCUT2D eigenvalue weighted by Gasteiger charge is -2.43. The van der Waals surface area contributed by atoms with E-state index in [9.17, 15) is 0 Å². The molecule has 0 aromatic carbocycles. The highest BCUT2D eigenvalue weighted by Gasteiger charge is 2.39. The largest absolute Gasteiger partial charge is 0.326 e. The van der Waals surface area contributed by atoms with Crippen molar-refractivity contribution in [3.8, 4) is 0 Å². The minimum absolute atomic E-state index is 0.402. The molecule has 4 unspecified atom stereocenters. The van der Waals surface area contributed by atoms with E-state index in [0.717, 1.165) is 17.9 Å². The van der Waals surface area contributed by atoms with Crippen LogP contribution in [0.5, 0.6) is 0 Å². The van der Waals surface area contributed by atoms with Crippen molar-refractivity contribution in [2.45, 2.75) is 57.7 Å². The lowest BCUT2D eigenvalue weighted by atomic mass is 9.76. The highest BCUT2D eigenvalue weighted by molar-refractivity contribution is 4.96. The maximum absolute atomic E-state index is 6.28. The molecule has 0 aromatic rings. The summed E-state index contributed by atoms with van der Waals surface area (Å²) >= 11 is 0. The second kappa shape index (κ2) is 3.82. The monoisotopic (exact) mass is 196 g/mol. The molecule has 82 valence electrons. The zero-order valence-electron chi connectivity index (χ0n) is 9.74. The molecule has 2 aliphatic carbocycles. The molecular weight excluding hydrogens is 172 g/mol. The van der Waals surface area contributed by atoms with E-state index in [2.05, 4.69) is 25.8 Å². The van der Waals surface area contributed by atoms with Crippen LogP contribution in [0.3, 0.4) is 0 Å². The van der Waals surface area contributed by atoms with Gasteiger partial charge in [0, 0.05) is 18.1 Å². The number of rotatable bonds is 2. The summed E-state index contributed by atoms with van der Waals surface area (Å²) in [6.45, 7) is 4.71. The van der Waals surface area contributed by atoms with Gasteiger partial charge >= 0.3 is 0 Å². The Balaban J connectivity index is 2.00. The van der Waals surface area contributed by atoms with Crippen LogP contribution in [-0.4, -0.2) is 30.1 Å². The maximum atomic E-state index is 6.28. The first-order chi connectivity index (χ1) is 6.59. The van der Waals surface area contributed by atoms with Gasteiger partial charge in [-0.2, -0.15) is 0 Å². The Morgan fingerprint density at radius 2 is 1.79 bits per heavy atom. The van der Waals surface area contributed by atoms with Crippen molar-refractivity contribution in [1.82, 2.24) is 4.90 Å². The molecule has 2 saturated carbocycles. The topological polar surface area (TPSA) is 29.3 Å². The van der Waals surface area contributed by atoms with Gasteiger partial charge in [0.15, 0.2) is 0 Å². The average molecular weight is 196 g/mol. The summed E-state index contributed by atoms with van der Waals surface area (Å²) in [4.78, 5) is 2.56. The molecule has 0 bridgehead atoms. The molecule has 0 radical (unpaired) electrons. The Morgan fingerprint density at radius 1 is 1.14 bits per heavy atom. The predicted molar refractivity (Wildman–Crippen MR) is 60.1 cm³/mol. The van der Waals surface area contributed by atoms with Gasteiger partial charge in [-0.1, -0.05) is 13.8 Å². The van der Waals surface area contributed by atoms with Gasteiger partial charge < -0.3 is 5.73 Å². The standard InChI is InChI=1S/C12H24N2/c1-8-6-9(2)12(11(13)7-8)14(3)10-4-5-10/h8-12H,4-7,13H2,1-3H3. The SMILES string of the molecule is CC1CC(C)C(N(C)C2CC2)C(N)C1. The van der Waals surface area contributed by atoms with E-state index in [4.69, 9.17) is 5.73 Å². The molecule has 2 fully saturated rings. The number of nitrogens with zero attached hydrogens (tertiary/aromatic N) is 1. The van der Waals surface area contributed by atoms with Crippen LogP contribution in [0.25, 0.3) is 0 Å². The van der Waals surface area contributed by atoms with E-state index >= 15 is 0 Å². The summed E-state index contributed by atoms with van der Waals surface area (Å²) in [6.07, 6.45) is 5.35. The summed E-state index contributed by atoms with van der Waals surface area (Å²) in [5, 5.41) is 0. The summed E-state index contributed by atoms with van der Waals surface area (Å²) in [5.74, 6) is 1.60. The third-order valence-electron chi connectivity index (χ3n) is 4.06. The normalized spacial score (nSPS) is 44.4. The Hall–Kier alpha value is -0.0800. The fourth-order valence-electron chi connectivity index (χ4n) is 3.33. The molecule has 0 saturated heterocycles. The zero-order valence-corrected chi connectivity index (χ0v) is 9.74. The molecule has 2 heteroatoms. The van der Waals surface area contributed by atoms with Crippen molar-refractivity contribution in [2.24, 2.45) is 17.6 Å². The van der Waals surface area contributed by atoms with E-state index in [-0.39, 0.29) is 0 Å². The highest BCUT2D eigenvalue weighted by Crippen LogP contribution is 2.36. The van der Waals surface area contributed by atoms with Gasteiger partial charge in [-0.05, 0) is 44.6 Å². The molecule has 4 atom stereocenters. The van der Waals surface area contributed by atoms with Crippen LogP contribution in [0, 0.1) is 11.8 Å². The van der Waals surface area contributed by atoms with Crippen molar-refractivity contribution >= 4 is 0 Å². The Kier molecular flexibility index (Phi) is 2.85.